The fourth-order valence-corrected chi connectivity index (χ4v) is 0.900. The summed E-state index contributed by atoms with van der Waals surface area (Å²) in [5.41, 5.74) is 11.0. The summed E-state index contributed by atoms with van der Waals surface area (Å²) in [5.74, 6) is 1.74. The lowest BCUT2D eigenvalue weighted by atomic mass is 10.2. The van der Waals surface area contributed by atoms with Gasteiger partial charge in [0.1, 0.15) is 11.5 Å². The van der Waals surface area contributed by atoms with Crippen LogP contribution in [-0.2, 0) is 6.42 Å². The van der Waals surface area contributed by atoms with E-state index in [-0.39, 0.29) is 6.04 Å². The molecule has 0 aliphatic rings. The maximum Gasteiger partial charge on any atom is 0.122 e. The second-order valence-corrected chi connectivity index (χ2v) is 2.50. The van der Waals surface area contributed by atoms with Crippen LogP contribution in [0.25, 0.3) is 0 Å². The average Bonchev–Trinajstić information content (AvgIpc) is 2.50. The van der Waals surface area contributed by atoms with Crippen molar-refractivity contribution in [1.29, 1.82) is 0 Å². The predicted octanol–water partition coefficient (Wildman–Crippen LogP) is 0.800. The molecule has 0 radical (unpaired) electrons. The number of rotatable bonds is 3. The van der Waals surface area contributed by atoms with Gasteiger partial charge in [0.25, 0.3) is 0 Å². The maximum atomic E-state index is 5.64. The molecule has 1 aromatic heterocycles. The van der Waals surface area contributed by atoms with E-state index in [0.29, 0.717) is 6.54 Å². The van der Waals surface area contributed by atoms with Gasteiger partial charge in [-0.05, 0) is 12.1 Å². The molecule has 0 saturated carbocycles. The third kappa shape index (κ3) is 1.82. The molecule has 0 bridgehead atoms. The molecule has 0 spiro atoms. The third-order valence-electron chi connectivity index (χ3n) is 1.65. The Morgan fingerprint density at radius 1 is 1.55 bits per heavy atom. The summed E-state index contributed by atoms with van der Waals surface area (Å²) < 4.78 is 5.38. The monoisotopic (exact) mass is 154 g/mol. The molecule has 0 aromatic carbocycles. The summed E-state index contributed by atoms with van der Waals surface area (Å²) in [4.78, 5) is 0. The standard InChI is InChI=1S/C8H14N2O/c1-2-6-3-4-8(11-6)7(10)5-9/h3-4,7H,2,5,9-10H2,1H3/t7-/m1/s1. The molecule has 11 heavy (non-hydrogen) atoms. The van der Waals surface area contributed by atoms with E-state index < -0.39 is 0 Å². The van der Waals surface area contributed by atoms with Crippen molar-refractivity contribution >= 4 is 0 Å². The van der Waals surface area contributed by atoms with E-state index in [1.807, 2.05) is 19.1 Å². The number of furan rings is 1. The normalized spacial score (nSPS) is 13.4. The Labute approximate surface area is 66.4 Å². The van der Waals surface area contributed by atoms with Gasteiger partial charge in [-0.15, -0.1) is 0 Å². The zero-order valence-electron chi connectivity index (χ0n) is 6.71. The number of hydrogen-bond acceptors (Lipinski definition) is 3. The Bertz CT molecular complexity index is 220. The average molecular weight is 154 g/mol. The molecule has 0 aliphatic carbocycles. The molecule has 1 atom stereocenters. The van der Waals surface area contributed by atoms with Crippen molar-refractivity contribution in [2.75, 3.05) is 6.54 Å². The van der Waals surface area contributed by atoms with E-state index in [4.69, 9.17) is 15.9 Å². The Morgan fingerprint density at radius 3 is 2.73 bits per heavy atom. The van der Waals surface area contributed by atoms with Crippen molar-refractivity contribution in [2.24, 2.45) is 11.5 Å². The first kappa shape index (κ1) is 8.30. The van der Waals surface area contributed by atoms with Crippen molar-refractivity contribution < 1.29 is 4.42 Å². The summed E-state index contributed by atoms with van der Waals surface area (Å²) in [6.07, 6.45) is 0.900. The Morgan fingerprint density at radius 2 is 2.27 bits per heavy atom. The highest BCUT2D eigenvalue weighted by Crippen LogP contribution is 2.13. The molecule has 0 saturated heterocycles. The van der Waals surface area contributed by atoms with Gasteiger partial charge in [-0.25, -0.2) is 0 Å². The van der Waals surface area contributed by atoms with E-state index >= 15 is 0 Å². The number of aryl methyl sites for hydroxylation is 1. The SMILES string of the molecule is CCc1ccc([C@H](N)CN)o1. The maximum absolute atomic E-state index is 5.64. The van der Waals surface area contributed by atoms with Crippen LogP contribution in [-0.4, -0.2) is 6.54 Å². The van der Waals surface area contributed by atoms with Gasteiger partial charge in [0, 0.05) is 13.0 Å². The number of nitrogens with two attached hydrogens (primary N) is 2. The Balaban J connectivity index is 2.71. The number of hydrogen-bond donors (Lipinski definition) is 2. The molecule has 3 nitrogen and oxygen atoms in total. The first-order chi connectivity index (χ1) is 5.27. The van der Waals surface area contributed by atoms with Gasteiger partial charge in [0.2, 0.25) is 0 Å². The molecule has 0 amide bonds. The summed E-state index contributed by atoms with van der Waals surface area (Å²) in [5, 5.41) is 0. The van der Waals surface area contributed by atoms with Crippen molar-refractivity contribution in [3.8, 4) is 0 Å². The molecular formula is C8H14N2O. The minimum absolute atomic E-state index is 0.157. The summed E-state index contributed by atoms with van der Waals surface area (Å²) >= 11 is 0. The van der Waals surface area contributed by atoms with Gasteiger partial charge in [0.15, 0.2) is 0 Å². The predicted molar refractivity (Wildman–Crippen MR) is 44.1 cm³/mol. The van der Waals surface area contributed by atoms with Gasteiger partial charge in [0.05, 0.1) is 6.04 Å². The van der Waals surface area contributed by atoms with Gasteiger partial charge in [-0.3, -0.25) is 0 Å². The third-order valence-corrected chi connectivity index (χ3v) is 1.65. The van der Waals surface area contributed by atoms with Crippen LogP contribution in [0.3, 0.4) is 0 Å². The molecule has 0 fully saturated rings. The van der Waals surface area contributed by atoms with E-state index in [1.165, 1.54) is 0 Å². The largest absolute Gasteiger partial charge is 0.464 e. The van der Waals surface area contributed by atoms with Gasteiger partial charge < -0.3 is 15.9 Å². The molecular weight excluding hydrogens is 140 g/mol. The van der Waals surface area contributed by atoms with Crippen LogP contribution in [0.15, 0.2) is 16.5 Å². The second kappa shape index (κ2) is 3.55. The highest BCUT2D eigenvalue weighted by atomic mass is 16.3. The molecule has 1 aromatic rings. The van der Waals surface area contributed by atoms with E-state index in [2.05, 4.69) is 0 Å². The zero-order valence-corrected chi connectivity index (χ0v) is 6.71. The fraction of sp³-hybridized carbons (Fsp3) is 0.500. The Kier molecular flexibility index (Phi) is 2.68. The van der Waals surface area contributed by atoms with Crippen LogP contribution < -0.4 is 11.5 Å². The van der Waals surface area contributed by atoms with Crippen LogP contribution in [0.4, 0.5) is 0 Å². The molecule has 4 N–H and O–H groups in total. The van der Waals surface area contributed by atoms with E-state index in [0.717, 1.165) is 17.9 Å². The molecule has 1 rings (SSSR count). The second-order valence-electron chi connectivity index (χ2n) is 2.50. The van der Waals surface area contributed by atoms with Crippen LogP contribution in [0, 0.1) is 0 Å². The van der Waals surface area contributed by atoms with Crippen LogP contribution in [0.5, 0.6) is 0 Å². The molecule has 1 heterocycles. The van der Waals surface area contributed by atoms with Gasteiger partial charge in [-0.2, -0.15) is 0 Å². The smallest absolute Gasteiger partial charge is 0.122 e. The zero-order chi connectivity index (χ0) is 8.27. The van der Waals surface area contributed by atoms with Gasteiger partial charge >= 0.3 is 0 Å². The fourth-order valence-electron chi connectivity index (χ4n) is 0.900. The lowest BCUT2D eigenvalue weighted by Gasteiger charge is -2.02. The van der Waals surface area contributed by atoms with Crippen molar-refractivity contribution in [1.82, 2.24) is 0 Å². The topological polar surface area (TPSA) is 65.2 Å². The quantitative estimate of drug-likeness (QED) is 0.676. The molecule has 0 aliphatic heterocycles. The summed E-state index contributed by atoms with van der Waals surface area (Å²) in [7, 11) is 0. The minimum Gasteiger partial charge on any atom is -0.464 e. The first-order valence-electron chi connectivity index (χ1n) is 3.82. The van der Waals surface area contributed by atoms with Crippen molar-refractivity contribution in [3.05, 3.63) is 23.7 Å². The lowest BCUT2D eigenvalue weighted by molar-refractivity contribution is 0.438. The molecule has 62 valence electrons. The first-order valence-corrected chi connectivity index (χ1v) is 3.82. The minimum atomic E-state index is -0.157. The molecule has 3 heteroatoms. The van der Waals surface area contributed by atoms with Crippen LogP contribution >= 0.6 is 0 Å². The Hall–Kier alpha value is -0.800. The van der Waals surface area contributed by atoms with Crippen LogP contribution in [0.1, 0.15) is 24.5 Å². The molecule has 0 unspecified atom stereocenters. The highest BCUT2D eigenvalue weighted by Gasteiger charge is 2.07. The highest BCUT2D eigenvalue weighted by molar-refractivity contribution is 5.10. The lowest BCUT2D eigenvalue weighted by Crippen LogP contribution is -2.19. The summed E-state index contributed by atoms with van der Waals surface area (Å²) in [6, 6.07) is 3.66. The van der Waals surface area contributed by atoms with E-state index in [9.17, 15) is 0 Å². The summed E-state index contributed by atoms with van der Waals surface area (Å²) in [6.45, 7) is 2.47. The van der Waals surface area contributed by atoms with E-state index in [1.54, 1.807) is 0 Å². The van der Waals surface area contributed by atoms with Crippen molar-refractivity contribution in [2.45, 2.75) is 19.4 Å². The van der Waals surface area contributed by atoms with Crippen LogP contribution in [0.2, 0.25) is 0 Å². The van der Waals surface area contributed by atoms with Gasteiger partial charge in [-0.1, -0.05) is 6.92 Å². The van der Waals surface area contributed by atoms with Crippen molar-refractivity contribution in [3.63, 3.8) is 0 Å².